The zero-order valence-corrected chi connectivity index (χ0v) is 19.3. The van der Waals surface area contributed by atoms with E-state index in [0.717, 1.165) is 47.3 Å². The van der Waals surface area contributed by atoms with Crippen molar-refractivity contribution in [1.82, 2.24) is 15.3 Å². The number of aromatic nitrogens is 2. The van der Waals surface area contributed by atoms with E-state index in [1.807, 2.05) is 18.2 Å². The molecule has 0 unspecified atom stereocenters. The molecule has 0 radical (unpaired) electrons. The van der Waals surface area contributed by atoms with E-state index in [1.165, 1.54) is 12.1 Å². The SMILES string of the molecule is C=C(CCNC(=O)COc1ccc(Cl)c(F)c1)Nc1ccc2ncnc(N3CCOCC3)c2c1. The fourth-order valence-electron chi connectivity index (χ4n) is 3.53. The predicted octanol–water partition coefficient (Wildman–Crippen LogP) is 3.77. The van der Waals surface area contributed by atoms with Gasteiger partial charge in [-0.05, 0) is 30.3 Å². The average Bonchev–Trinajstić information content (AvgIpc) is 2.85. The number of carbonyl (C=O) groups is 1. The molecule has 0 bridgehead atoms. The molecule has 178 valence electrons. The lowest BCUT2D eigenvalue weighted by Gasteiger charge is -2.28. The molecule has 0 aliphatic carbocycles. The Morgan fingerprint density at radius 3 is 2.82 bits per heavy atom. The lowest BCUT2D eigenvalue weighted by Crippen LogP contribution is -2.36. The standard InChI is InChI=1S/C24H25ClFN5O3/c1-16(6-7-27-23(32)14-34-18-3-4-20(25)21(26)13-18)30-17-2-5-22-19(12-17)24(29-15-28-22)31-8-10-33-11-9-31/h2-5,12-13,15,30H,1,6-11,14H2,(H,27,32). The Balaban J connectivity index is 1.27. The first-order chi connectivity index (χ1) is 16.5. The van der Waals surface area contributed by atoms with Crippen molar-refractivity contribution in [2.24, 2.45) is 0 Å². The van der Waals surface area contributed by atoms with Crippen LogP contribution in [0.3, 0.4) is 0 Å². The Hall–Kier alpha value is -3.43. The molecule has 1 aromatic heterocycles. The molecule has 8 nitrogen and oxygen atoms in total. The van der Waals surface area contributed by atoms with Gasteiger partial charge in [-0.1, -0.05) is 18.2 Å². The molecular weight excluding hydrogens is 461 g/mol. The molecule has 34 heavy (non-hydrogen) atoms. The van der Waals surface area contributed by atoms with Gasteiger partial charge in [-0.15, -0.1) is 0 Å². The molecule has 0 saturated carbocycles. The highest BCUT2D eigenvalue weighted by Gasteiger charge is 2.16. The summed E-state index contributed by atoms with van der Waals surface area (Å²) >= 11 is 5.63. The maximum Gasteiger partial charge on any atom is 0.257 e. The molecule has 3 aromatic rings. The van der Waals surface area contributed by atoms with Crippen LogP contribution in [0.15, 0.2) is 55.0 Å². The summed E-state index contributed by atoms with van der Waals surface area (Å²) in [6.07, 6.45) is 2.09. The molecule has 1 saturated heterocycles. The number of nitrogens with zero attached hydrogens (tertiary/aromatic N) is 3. The van der Waals surface area contributed by atoms with E-state index >= 15 is 0 Å². The molecule has 10 heteroatoms. The summed E-state index contributed by atoms with van der Waals surface area (Å²) in [7, 11) is 0. The van der Waals surface area contributed by atoms with Gasteiger partial charge in [-0.25, -0.2) is 14.4 Å². The summed E-state index contributed by atoms with van der Waals surface area (Å²) in [6.45, 7) is 7.11. The van der Waals surface area contributed by atoms with E-state index in [2.05, 4.69) is 32.1 Å². The van der Waals surface area contributed by atoms with Crippen LogP contribution >= 0.6 is 11.6 Å². The number of morpholine rings is 1. The maximum absolute atomic E-state index is 13.4. The largest absolute Gasteiger partial charge is 0.484 e. The van der Waals surface area contributed by atoms with Gasteiger partial charge in [0, 0.05) is 48.9 Å². The van der Waals surface area contributed by atoms with Crippen molar-refractivity contribution < 1.29 is 18.7 Å². The molecule has 1 fully saturated rings. The van der Waals surface area contributed by atoms with Gasteiger partial charge in [0.2, 0.25) is 0 Å². The molecule has 2 aromatic carbocycles. The number of anilines is 2. The minimum atomic E-state index is -0.598. The predicted molar refractivity (Wildman–Crippen MR) is 130 cm³/mol. The number of hydrogen-bond donors (Lipinski definition) is 2. The van der Waals surface area contributed by atoms with Crippen molar-refractivity contribution >= 4 is 39.9 Å². The summed E-state index contributed by atoms with van der Waals surface area (Å²) in [5.74, 6) is 0.204. The zero-order chi connectivity index (χ0) is 23.9. The van der Waals surface area contributed by atoms with Gasteiger partial charge in [0.25, 0.3) is 5.91 Å². The third kappa shape index (κ3) is 6.12. The Morgan fingerprint density at radius 2 is 2.03 bits per heavy atom. The van der Waals surface area contributed by atoms with Gasteiger partial charge < -0.3 is 25.0 Å². The molecular formula is C24H25ClFN5O3. The molecule has 2 N–H and O–H groups in total. The monoisotopic (exact) mass is 485 g/mol. The smallest absolute Gasteiger partial charge is 0.257 e. The van der Waals surface area contributed by atoms with Crippen LogP contribution in [0.25, 0.3) is 10.9 Å². The van der Waals surface area contributed by atoms with Crippen molar-refractivity contribution in [2.45, 2.75) is 6.42 Å². The van der Waals surface area contributed by atoms with E-state index in [-0.39, 0.29) is 23.3 Å². The van der Waals surface area contributed by atoms with Crippen molar-refractivity contribution in [2.75, 3.05) is 49.7 Å². The molecule has 1 aliphatic rings. The first kappa shape index (κ1) is 23.7. The van der Waals surface area contributed by atoms with Gasteiger partial charge in [0.05, 0.1) is 23.8 Å². The summed E-state index contributed by atoms with van der Waals surface area (Å²) < 4.78 is 24.2. The number of hydrogen-bond acceptors (Lipinski definition) is 7. The topological polar surface area (TPSA) is 88.6 Å². The fraction of sp³-hybridized carbons (Fsp3) is 0.292. The van der Waals surface area contributed by atoms with Crippen LogP contribution in [0.5, 0.6) is 5.75 Å². The average molecular weight is 486 g/mol. The van der Waals surface area contributed by atoms with Crippen LogP contribution in [0.2, 0.25) is 5.02 Å². The van der Waals surface area contributed by atoms with Gasteiger partial charge in [0.1, 0.15) is 23.7 Å². The molecule has 1 amide bonds. The van der Waals surface area contributed by atoms with E-state index in [1.54, 1.807) is 6.33 Å². The first-order valence-corrected chi connectivity index (χ1v) is 11.2. The van der Waals surface area contributed by atoms with Crippen LogP contribution in [0.1, 0.15) is 6.42 Å². The lowest BCUT2D eigenvalue weighted by molar-refractivity contribution is -0.123. The second-order valence-electron chi connectivity index (χ2n) is 7.72. The Kier molecular flexibility index (Phi) is 7.76. The third-order valence-corrected chi connectivity index (χ3v) is 5.56. The number of amides is 1. The second-order valence-corrected chi connectivity index (χ2v) is 8.13. The highest BCUT2D eigenvalue weighted by molar-refractivity contribution is 6.30. The van der Waals surface area contributed by atoms with Crippen molar-refractivity contribution in [3.05, 3.63) is 65.8 Å². The zero-order valence-electron chi connectivity index (χ0n) is 18.5. The van der Waals surface area contributed by atoms with Gasteiger partial charge >= 0.3 is 0 Å². The van der Waals surface area contributed by atoms with E-state index in [9.17, 15) is 9.18 Å². The van der Waals surface area contributed by atoms with Crippen LogP contribution in [0, 0.1) is 5.82 Å². The van der Waals surface area contributed by atoms with Crippen molar-refractivity contribution in [3.63, 3.8) is 0 Å². The summed E-state index contributed by atoms with van der Waals surface area (Å²) in [5, 5.41) is 6.98. The lowest BCUT2D eigenvalue weighted by atomic mass is 10.2. The molecule has 1 aliphatic heterocycles. The highest BCUT2D eigenvalue weighted by Crippen LogP contribution is 2.27. The van der Waals surface area contributed by atoms with Crippen LogP contribution in [0.4, 0.5) is 15.9 Å². The maximum atomic E-state index is 13.4. The summed E-state index contributed by atoms with van der Waals surface area (Å²) in [5.41, 5.74) is 2.46. The number of carbonyl (C=O) groups excluding carboxylic acids is 1. The van der Waals surface area contributed by atoms with Gasteiger partial charge in [-0.3, -0.25) is 4.79 Å². The van der Waals surface area contributed by atoms with Crippen molar-refractivity contribution in [3.8, 4) is 5.75 Å². The van der Waals surface area contributed by atoms with E-state index < -0.39 is 5.82 Å². The number of fused-ring (bicyclic) bond motifs is 1. The van der Waals surface area contributed by atoms with Crippen LogP contribution in [-0.2, 0) is 9.53 Å². The number of benzene rings is 2. The first-order valence-electron chi connectivity index (χ1n) is 10.9. The fourth-order valence-corrected chi connectivity index (χ4v) is 3.65. The Bertz CT molecular complexity index is 1190. The molecule has 2 heterocycles. The number of halogens is 2. The van der Waals surface area contributed by atoms with Gasteiger partial charge in [0.15, 0.2) is 6.61 Å². The number of nitrogens with one attached hydrogen (secondary N) is 2. The van der Waals surface area contributed by atoms with E-state index in [0.29, 0.717) is 26.2 Å². The Morgan fingerprint density at radius 1 is 1.21 bits per heavy atom. The van der Waals surface area contributed by atoms with Crippen LogP contribution < -0.4 is 20.3 Å². The molecule has 0 spiro atoms. The molecule has 4 rings (SSSR count). The van der Waals surface area contributed by atoms with Gasteiger partial charge in [-0.2, -0.15) is 0 Å². The quantitative estimate of drug-likeness (QED) is 0.477. The summed E-state index contributed by atoms with van der Waals surface area (Å²) in [4.78, 5) is 23.1. The highest BCUT2D eigenvalue weighted by atomic mass is 35.5. The van der Waals surface area contributed by atoms with Crippen molar-refractivity contribution in [1.29, 1.82) is 0 Å². The summed E-state index contributed by atoms with van der Waals surface area (Å²) in [6, 6.07) is 9.89. The number of rotatable bonds is 9. The second kappa shape index (κ2) is 11.1. The van der Waals surface area contributed by atoms with Crippen LogP contribution in [-0.4, -0.2) is 55.3 Å². The molecule has 0 atom stereocenters. The Labute approximate surface area is 201 Å². The minimum absolute atomic E-state index is 0.000859. The minimum Gasteiger partial charge on any atom is -0.484 e. The third-order valence-electron chi connectivity index (χ3n) is 5.26. The number of ether oxygens (including phenoxy) is 2. The van der Waals surface area contributed by atoms with E-state index in [4.69, 9.17) is 21.1 Å². The normalized spacial score (nSPS) is 13.5.